The average Bonchev–Trinajstić information content (AvgIpc) is 2.18. The summed E-state index contributed by atoms with van der Waals surface area (Å²) in [6.07, 6.45) is 6.49. The van der Waals surface area contributed by atoms with E-state index < -0.39 is 0 Å². The molecule has 1 saturated carbocycles. The maximum atomic E-state index is 11.2. The van der Waals surface area contributed by atoms with Crippen LogP contribution in [0.5, 0.6) is 0 Å². The van der Waals surface area contributed by atoms with Crippen LogP contribution in [0.3, 0.4) is 0 Å². The quantitative estimate of drug-likeness (QED) is 0.674. The van der Waals surface area contributed by atoms with E-state index in [1.165, 1.54) is 6.08 Å². The fourth-order valence-corrected chi connectivity index (χ4v) is 1.92. The number of amides is 2. The van der Waals surface area contributed by atoms with E-state index in [1.54, 1.807) is 6.08 Å². The Balaban J connectivity index is 2.31. The Labute approximate surface area is 89.9 Å². The van der Waals surface area contributed by atoms with Crippen LogP contribution >= 0.6 is 0 Å². The van der Waals surface area contributed by atoms with Gasteiger partial charge in [0, 0.05) is 12.0 Å². The highest BCUT2D eigenvalue weighted by Gasteiger charge is 2.24. The summed E-state index contributed by atoms with van der Waals surface area (Å²) in [5.74, 6) is -0.270. The minimum absolute atomic E-state index is 0.000121. The third kappa shape index (κ3) is 3.73. The van der Waals surface area contributed by atoms with E-state index in [1.807, 2.05) is 6.92 Å². The van der Waals surface area contributed by atoms with Crippen molar-refractivity contribution in [1.29, 1.82) is 0 Å². The molecule has 2 amide bonds. The minimum atomic E-state index is -0.215. The highest BCUT2D eigenvalue weighted by molar-refractivity contribution is 5.87. The van der Waals surface area contributed by atoms with E-state index in [-0.39, 0.29) is 23.8 Å². The monoisotopic (exact) mass is 210 g/mol. The van der Waals surface area contributed by atoms with Gasteiger partial charge in [0.15, 0.2) is 0 Å². The molecule has 15 heavy (non-hydrogen) atoms. The first-order valence-electron chi connectivity index (χ1n) is 5.36. The van der Waals surface area contributed by atoms with Gasteiger partial charge in [-0.2, -0.15) is 0 Å². The van der Waals surface area contributed by atoms with Crippen LogP contribution in [0, 0.1) is 5.92 Å². The predicted molar refractivity (Wildman–Crippen MR) is 57.9 cm³/mol. The molecule has 3 N–H and O–H groups in total. The van der Waals surface area contributed by atoms with Crippen LogP contribution in [-0.2, 0) is 9.59 Å². The Morgan fingerprint density at radius 3 is 2.33 bits per heavy atom. The van der Waals surface area contributed by atoms with Gasteiger partial charge < -0.3 is 11.1 Å². The van der Waals surface area contributed by atoms with E-state index in [4.69, 9.17) is 5.73 Å². The van der Waals surface area contributed by atoms with Crippen LogP contribution < -0.4 is 11.1 Å². The number of carbonyl (C=O) groups excluding carboxylic acids is 2. The maximum Gasteiger partial charge on any atom is 0.243 e. The second-order valence-electron chi connectivity index (χ2n) is 3.96. The molecule has 4 nitrogen and oxygen atoms in total. The first-order chi connectivity index (χ1) is 7.13. The van der Waals surface area contributed by atoms with Gasteiger partial charge in [-0.05, 0) is 38.7 Å². The number of allylic oxidation sites excluding steroid dienone is 1. The number of primary amides is 1. The number of nitrogens with one attached hydrogen (secondary N) is 1. The summed E-state index contributed by atoms with van der Waals surface area (Å²) < 4.78 is 0. The van der Waals surface area contributed by atoms with E-state index in [9.17, 15) is 9.59 Å². The zero-order chi connectivity index (χ0) is 11.3. The first-order valence-corrected chi connectivity index (χ1v) is 5.36. The molecular weight excluding hydrogens is 192 g/mol. The van der Waals surface area contributed by atoms with Gasteiger partial charge in [0.25, 0.3) is 0 Å². The van der Waals surface area contributed by atoms with Gasteiger partial charge in [0.05, 0.1) is 0 Å². The first kappa shape index (κ1) is 11.8. The summed E-state index contributed by atoms with van der Waals surface area (Å²) in [5, 5.41) is 2.90. The van der Waals surface area contributed by atoms with Crippen molar-refractivity contribution in [3.8, 4) is 0 Å². The molecular formula is C11H18N2O2. The van der Waals surface area contributed by atoms with Gasteiger partial charge in [-0.3, -0.25) is 9.59 Å². The van der Waals surface area contributed by atoms with Crippen LogP contribution in [0.25, 0.3) is 0 Å². The molecule has 0 heterocycles. The zero-order valence-electron chi connectivity index (χ0n) is 9.03. The van der Waals surface area contributed by atoms with Gasteiger partial charge in [0.2, 0.25) is 11.8 Å². The molecule has 0 aliphatic heterocycles. The third-order valence-electron chi connectivity index (χ3n) is 2.79. The van der Waals surface area contributed by atoms with Crippen molar-refractivity contribution in [2.75, 3.05) is 0 Å². The number of hydrogen-bond donors (Lipinski definition) is 2. The van der Waals surface area contributed by atoms with Crippen LogP contribution in [0.15, 0.2) is 12.2 Å². The fourth-order valence-electron chi connectivity index (χ4n) is 1.92. The van der Waals surface area contributed by atoms with Crippen molar-refractivity contribution < 1.29 is 9.59 Å². The van der Waals surface area contributed by atoms with Crippen molar-refractivity contribution in [3.63, 3.8) is 0 Å². The molecule has 0 atom stereocenters. The highest BCUT2D eigenvalue weighted by atomic mass is 16.2. The van der Waals surface area contributed by atoms with Crippen LogP contribution in [-0.4, -0.2) is 17.9 Å². The molecule has 4 heteroatoms. The lowest BCUT2D eigenvalue weighted by molar-refractivity contribution is -0.122. The molecule has 0 aromatic rings. The smallest absolute Gasteiger partial charge is 0.243 e. The molecule has 1 aliphatic rings. The summed E-state index contributed by atoms with van der Waals surface area (Å²) in [6, 6.07) is 0.198. The van der Waals surface area contributed by atoms with Gasteiger partial charge >= 0.3 is 0 Å². The van der Waals surface area contributed by atoms with Crippen LogP contribution in [0.2, 0.25) is 0 Å². The Kier molecular flexibility index (Phi) is 4.34. The van der Waals surface area contributed by atoms with Gasteiger partial charge in [-0.25, -0.2) is 0 Å². The molecule has 0 saturated heterocycles. The second-order valence-corrected chi connectivity index (χ2v) is 3.96. The van der Waals surface area contributed by atoms with Gasteiger partial charge in [-0.1, -0.05) is 6.08 Å². The summed E-state index contributed by atoms with van der Waals surface area (Å²) in [7, 11) is 0. The van der Waals surface area contributed by atoms with E-state index in [0.717, 1.165) is 25.7 Å². The summed E-state index contributed by atoms with van der Waals surface area (Å²) in [6.45, 7) is 1.81. The molecule has 0 spiro atoms. The molecule has 0 bridgehead atoms. The summed E-state index contributed by atoms with van der Waals surface area (Å²) in [5.41, 5.74) is 5.22. The van der Waals surface area contributed by atoms with Crippen molar-refractivity contribution in [2.24, 2.45) is 11.7 Å². The van der Waals surface area contributed by atoms with Crippen molar-refractivity contribution in [1.82, 2.24) is 5.32 Å². The average molecular weight is 210 g/mol. The topological polar surface area (TPSA) is 72.2 Å². The van der Waals surface area contributed by atoms with Crippen molar-refractivity contribution in [2.45, 2.75) is 38.6 Å². The lowest BCUT2D eigenvalue weighted by Gasteiger charge is -2.26. The van der Waals surface area contributed by atoms with Gasteiger partial charge in [0.1, 0.15) is 0 Å². The largest absolute Gasteiger partial charge is 0.369 e. The highest BCUT2D eigenvalue weighted by Crippen LogP contribution is 2.23. The lowest BCUT2D eigenvalue weighted by atomic mass is 9.85. The molecule has 84 valence electrons. The molecule has 0 aromatic carbocycles. The maximum absolute atomic E-state index is 11.2. The lowest BCUT2D eigenvalue weighted by Crippen LogP contribution is -2.39. The molecule has 0 aromatic heterocycles. The summed E-state index contributed by atoms with van der Waals surface area (Å²) >= 11 is 0. The van der Waals surface area contributed by atoms with Gasteiger partial charge in [-0.15, -0.1) is 0 Å². The van der Waals surface area contributed by atoms with Crippen molar-refractivity contribution >= 4 is 11.8 Å². The fraction of sp³-hybridized carbons (Fsp3) is 0.636. The molecule has 1 rings (SSSR count). The number of carbonyl (C=O) groups is 2. The van der Waals surface area contributed by atoms with E-state index in [0.29, 0.717) is 0 Å². The van der Waals surface area contributed by atoms with E-state index >= 15 is 0 Å². The molecule has 0 radical (unpaired) electrons. The predicted octanol–water partition coefficient (Wildman–Crippen LogP) is 0.723. The third-order valence-corrected chi connectivity index (χ3v) is 2.79. The number of nitrogens with two attached hydrogens (primary N) is 1. The Hall–Kier alpha value is -1.32. The zero-order valence-corrected chi connectivity index (χ0v) is 9.03. The van der Waals surface area contributed by atoms with Crippen LogP contribution in [0.4, 0.5) is 0 Å². The molecule has 1 fully saturated rings. The van der Waals surface area contributed by atoms with Crippen molar-refractivity contribution in [3.05, 3.63) is 12.2 Å². The van der Waals surface area contributed by atoms with E-state index in [2.05, 4.69) is 5.32 Å². The second kappa shape index (κ2) is 5.53. The molecule has 1 aliphatic carbocycles. The van der Waals surface area contributed by atoms with Crippen LogP contribution in [0.1, 0.15) is 32.6 Å². The SMILES string of the molecule is CC=CC(=O)NC1CCC(C(N)=O)CC1. The summed E-state index contributed by atoms with van der Waals surface area (Å²) in [4.78, 5) is 22.1. The number of hydrogen-bond acceptors (Lipinski definition) is 2. The Bertz CT molecular complexity index is 266. The molecule has 0 unspecified atom stereocenters. The number of rotatable bonds is 3. The Morgan fingerprint density at radius 2 is 1.87 bits per heavy atom. The Morgan fingerprint density at radius 1 is 1.27 bits per heavy atom. The normalized spacial score (nSPS) is 26.5. The minimum Gasteiger partial charge on any atom is -0.369 e. The standard InChI is InChI=1S/C11H18N2O2/c1-2-3-10(14)13-9-6-4-8(5-7-9)11(12)15/h2-3,8-9H,4-7H2,1H3,(H2,12,15)(H,13,14).